The summed E-state index contributed by atoms with van der Waals surface area (Å²) in [5, 5.41) is 10.2. The minimum absolute atomic E-state index is 0.191. The topological polar surface area (TPSA) is 37.3 Å². The molecule has 2 heteroatoms. The third-order valence-corrected chi connectivity index (χ3v) is 4.05. The molecule has 2 nitrogen and oxygen atoms in total. The van der Waals surface area contributed by atoms with Crippen molar-refractivity contribution in [3.05, 3.63) is 35.9 Å². The summed E-state index contributed by atoms with van der Waals surface area (Å²) in [6.07, 6.45) is 3.84. The number of rotatable bonds is 3. The van der Waals surface area contributed by atoms with E-state index in [4.69, 9.17) is 0 Å². The van der Waals surface area contributed by atoms with Gasteiger partial charge in [-0.2, -0.15) is 0 Å². The summed E-state index contributed by atoms with van der Waals surface area (Å²) in [5.41, 5.74) is 1.20. The van der Waals surface area contributed by atoms with Crippen molar-refractivity contribution in [1.82, 2.24) is 0 Å². The Morgan fingerprint density at radius 1 is 1.28 bits per heavy atom. The van der Waals surface area contributed by atoms with E-state index in [0.717, 1.165) is 19.3 Å². The molecular formula is C16H22O2. The van der Waals surface area contributed by atoms with E-state index < -0.39 is 6.10 Å². The highest BCUT2D eigenvalue weighted by molar-refractivity contribution is 5.82. The number of aliphatic hydroxyl groups excluding tert-OH is 1. The van der Waals surface area contributed by atoms with Crippen LogP contribution in [0.25, 0.3) is 0 Å². The Morgan fingerprint density at radius 2 is 2.00 bits per heavy atom. The molecule has 0 spiro atoms. The fourth-order valence-electron chi connectivity index (χ4n) is 3.05. The lowest BCUT2D eigenvalue weighted by molar-refractivity contribution is -0.127. The lowest BCUT2D eigenvalue weighted by Crippen LogP contribution is -2.32. The number of ketones is 1. The molecule has 98 valence electrons. The molecule has 0 radical (unpaired) electrons. The summed E-state index contributed by atoms with van der Waals surface area (Å²) in [5.74, 6) is 0.228. The van der Waals surface area contributed by atoms with Gasteiger partial charge in [0, 0.05) is 6.42 Å². The minimum Gasteiger partial charge on any atom is -0.392 e. The third kappa shape index (κ3) is 2.81. The monoisotopic (exact) mass is 246 g/mol. The van der Waals surface area contributed by atoms with E-state index in [1.165, 1.54) is 5.56 Å². The van der Waals surface area contributed by atoms with Gasteiger partial charge in [0.25, 0.3) is 0 Å². The molecular weight excluding hydrogens is 224 g/mol. The van der Waals surface area contributed by atoms with Gasteiger partial charge in [0.15, 0.2) is 0 Å². The van der Waals surface area contributed by atoms with Crippen molar-refractivity contribution in [2.45, 2.75) is 51.0 Å². The molecule has 1 aromatic rings. The van der Waals surface area contributed by atoms with Crippen LogP contribution in [0.4, 0.5) is 0 Å². The minimum atomic E-state index is -0.499. The Labute approximate surface area is 109 Å². The third-order valence-electron chi connectivity index (χ3n) is 4.05. The van der Waals surface area contributed by atoms with Crippen LogP contribution in [0, 0.1) is 5.92 Å². The van der Waals surface area contributed by atoms with E-state index in [-0.39, 0.29) is 17.6 Å². The average Bonchev–Trinajstić information content (AvgIpc) is 2.61. The fourth-order valence-corrected chi connectivity index (χ4v) is 3.05. The molecule has 2 rings (SSSR count). The second-order valence-corrected chi connectivity index (χ2v) is 5.23. The number of carbonyl (C=O) groups is 1. The Balaban J connectivity index is 2.31. The predicted octanol–water partition coefficient (Wildman–Crippen LogP) is 3.30. The van der Waals surface area contributed by atoms with Crippen molar-refractivity contribution >= 4 is 5.78 Å². The van der Waals surface area contributed by atoms with E-state index in [2.05, 4.69) is 12.1 Å². The highest BCUT2D eigenvalue weighted by Gasteiger charge is 2.35. The maximum atomic E-state index is 12.2. The van der Waals surface area contributed by atoms with Crippen LogP contribution < -0.4 is 0 Å². The average molecular weight is 246 g/mol. The first-order chi connectivity index (χ1) is 8.74. The van der Waals surface area contributed by atoms with Gasteiger partial charge in [-0.15, -0.1) is 0 Å². The van der Waals surface area contributed by atoms with Crippen LogP contribution in [0.2, 0.25) is 0 Å². The summed E-state index contributed by atoms with van der Waals surface area (Å²) >= 11 is 0. The van der Waals surface area contributed by atoms with Crippen molar-refractivity contribution < 1.29 is 9.90 Å². The maximum Gasteiger partial charge on any atom is 0.139 e. The molecule has 1 fully saturated rings. The molecule has 1 aliphatic carbocycles. The van der Waals surface area contributed by atoms with E-state index in [9.17, 15) is 9.90 Å². The Bertz CT molecular complexity index is 385. The van der Waals surface area contributed by atoms with Gasteiger partial charge in [0.1, 0.15) is 5.78 Å². The highest BCUT2D eigenvalue weighted by atomic mass is 16.3. The molecule has 1 aromatic carbocycles. The standard InChI is InChI=1S/C16H22O2/c1-2-14(17)16-13(10-6-7-11-15(16)18)12-8-4-3-5-9-12/h3-5,8-9,13-14,16-17H,2,6-7,10-11H2,1H3/t13-,14+,16+/m1/s1. The molecule has 0 aliphatic heterocycles. The van der Waals surface area contributed by atoms with Crippen molar-refractivity contribution in [3.63, 3.8) is 0 Å². The summed E-state index contributed by atoms with van der Waals surface area (Å²) in [6.45, 7) is 1.95. The second kappa shape index (κ2) is 6.14. The number of Topliss-reactive ketones (excluding diaryl/α,β-unsaturated/α-hetero) is 1. The first-order valence-electron chi connectivity index (χ1n) is 6.99. The van der Waals surface area contributed by atoms with E-state index in [1.807, 2.05) is 25.1 Å². The molecule has 0 bridgehead atoms. The molecule has 1 saturated carbocycles. The molecule has 0 heterocycles. The van der Waals surface area contributed by atoms with Gasteiger partial charge in [-0.05, 0) is 30.7 Å². The number of aliphatic hydroxyl groups is 1. The normalized spacial score (nSPS) is 26.7. The van der Waals surface area contributed by atoms with E-state index >= 15 is 0 Å². The molecule has 18 heavy (non-hydrogen) atoms. The van der Waals surface area contributed by atoms with Crippen LogP contribution in [0.5, 0.6) is 0 Å². The van der Waals surface area contributed by atoms with Crippen LogP contribution >= 0.6 is 0 Å². The summed E-state index contributed by atoms with van der Waals surface area (Å²) in [6, 6.07) is 10.2. The summed E-state index contributed by atoms with van der Waals surface area (Å²) in [4.78, 5) is 12.2. The molecule has 0 saturated heterocycles. The number of carbonyl (C=O) groups excluding carboxylic acids is 1. The lowest BCUT2D eigenvalue weighted by Gasteiger charge is -2.28. The zero-order valence-electron chi connectivity index (χ0n) is 11.0. The van der Waals surface area contributed by atoms with Crippen LogP contribution in [-0.2, 0) is 4.79 Å². The first-order valence-corrected chi connectivity index (χ1v) is 6.99. The predicted molar refractivity (Wildman–Crippen MR) is 72.4 cm³/mol. The Morgan fingerprint density at radius 3 is 2.67 bits per heavy atom. The zero-order valence-corrected chi connectivity index (χ0v) is 11.0. The van der Waals surface area contributed by atoms with Crippen LogP contribution in [0.15, 0.2) is 30.3 Å². The van der Waals surface area contributed by atoms with Crippen molar-refractivity contribution in [1.29, 1.82) is 0 Å². The van der Waals surface area contributed by atoms with Crippen molar-refractivity contribution in [3.8, 4) is 0 Å². The Hall–Kier alpha value is -1.15. The van der Waals surface area contributed by atoms with E-state index in [1.54, 1.807) is 0 Å². The maximum absolute atomic E-state index is 12.2. The lowest BCUT2D eigenvalue weighted by atomic mass is 9.78. The highest BCUT2D eigenvalue weighted by Crippen LogP contribution is 2.37. The molecule has 0 aromatic heterocycles. The number of benzene rings is 1. The van der Waals surface area contributed by atoms with E-state index in [0.29, 0.717) is 12.8 Å². The molecule has 0 amide bonds. The quantitative estimate of drug-likeness (QED) is 0.831. The summed E-state index contributed by atoms with van der Waals surface area (Å²) in [7, 11) is 0. The van der Waals surface area contributed by atoms with Gasteiger partial charge in [-0.1, -0.05) is 43.7 Å². The Kier molecular flexibility index (Phi) is 4.54. The van der Waals surface area contributed by atoms with Gasteiger partial charge in [0.2, 0.25) is 0 Å². The number of hydrogen-bond acceptors (Lipinski definition) is 2. The number of hydrogen-bond donors (Lipinski definition) is 1. The SMILES string of the molecule is CC[C@H](O)[C@H]1C(=O)CCCC[C@@H]1c1ccccc1. The van der Waals surface area contributed by atoms with Crippen LogP contribution in [-0.4, -0.2) is 17.0 Å². The largest absolute Gasteiger partial charge is 0.392 e. The first kappa shape index (κ1) is 13.3. The van der Waals surface area contributed by atoms with Gasteiger partial charge in [-0.25, -0.2) is 0 Å². The van der Waals surface area contributed by atoms with Gasteiger partial charge in [-0.3, -0.25) is 4.79 Å². The summed E-state index contributed by atoms with van der Waals surface area (Å²) < 4.78 is 0. The zero-order chi connectivity index (χ0) is 13.0. The van der Waals surface area contributed by atoms with Crippen LogP contribution in [0.1, 0.15) is 50.5 Å². The van der Waals surface area contributed by atoms with Gasteiger partial charge >= 0.3 is 0 Å². The molecule has 1 aliphatic rings. The van der Waals surface area contributed by atoms with Crippen molar-refractivity contribution in [2.75, 3.05) is 0 Å². The molecule has 1 N–H and O–H groups in total. The fraction of sp³-hybridized carbons (Fsp3) is 0.562. The second-order valence-electron chi connectivity index (χ2n) is 5.23. The van der Waals surface area contributed by atoms with Gasteiger partial charge < -0.3 is 5.11 Å². The van der Waals surface area contributed by atoms with Crippen LogP contribution in [0.3, 0.4) is 0 Å². The molecule has 3 atom stereocenters. The molecule has 0 unspecified atom stereocenters. The van der Waals surface area contributed by atoms with Gasteiger partial charge in [0.05, 0.1) is 12.0 Å². The smallest absolute Gasteiger partial charge is 0.139 e. The van der Waals surface area contributed by atoms with Crippen molar-refractivity contribution in [2.24, 2.45) is 5.92 Å².